The van der Waals surface area contributed by atoms with Crippen LogP contribution in [-0.2, 0) is 19.3 Å². The Morgan fingerprint density at radius 1 is 1.10 bits per heavy atom. The number of esters is 1. The number of rotatable bonds is 15. The molecule has 0 spiro atoms. The lowest BCUT2D eigenvalue weighted by molar-refractivity contribution is -0.336. The van der Waals surface area contributed by atoms with Crippen LogP contribution < -0.4 is 0 Å². The molecule has 5 heteroatoms. The molecule has 5 atom stereocenters. The second-order valence-corrected chi connectivity index (χ2v) is 9.04. The minimum atomic E-state index is -0.367. The average molecular weight is 423 g/mol. The fourth-order valence-electron chi connectivity index (χ4n) is 4.38. The molecule has 1 saturated carbocycles. The SMILES string of the molecule is CCCCCCC[C@H](O)/C=C/[C@@H]1[C@@H](C/C=C\CCCC(=O)OC(C)C)[C@@H]2C[C@H]1OO2. The van der Waals surface area contributed by atoms with Crippen LogP contribution in [0.5, 0.6) is 0 Å². The van der Waals surface area contributed by atoms with E-state index in [0.29, 0.717) is 18.3 Å². The third-order valence-corrected chi connectivity index (χ3v) is 6.02. The number of unbranched alkanes of at least 4 members (excludes halogenated alkanes) is 5. The molecule has 5 nitrogen and oxygen atoms in total. The molecule has 0 radical (unpaired) electrons. The van der Waals surface area contributed by atoms with Gasteiger partial charge in [-0.05, 0) is 39.5 Å². The summed E-state index contributed by atoms with van der Waals surface area (Å²) in [7, 11) is 0. The van der Waals surface area contributed by atoms with Crippen LogP contribution in [0.4, 0.5) is 0 Å². The molecule has 2 fully saturated rings. The molecule has 172 valence electrons. The lowest BCUT2D eigenvalue weighted by atomic mass is 9.89. The molecule has 2 rings (SSSR count). The topological polar surface area (TPSA) is 65.0 Å². The van der Waals surface area contributed by atoms with Crippen molar-refractivity contribution in [2.75, 3.05) is 0 Å². The average Bonchev–Trinajstić information content (AvgIpc) is 3.30. The molecular formula is C25H42O5. The highest BCUT2D eigenvalue weighted by atomic mass is 17.2. The van der Waals surface area contributed by atoms with E-state index in [1.54, 1.807) is 0 Å². The number of carbonyl (C=O) groups excluding carboxylic acids is 1. The molecule has 0 aromatic carbocycles. The normalized spacial score (nSPS) is 27.0. The molecule has 1 N–H and O–H groups in total. The quantitative estimate of drug-likeness (QED) is 0.159. The Hall–Kier alpha value is -1.17. The number of aliphatic hydroxyl groups is 1. The second-order valence-electron chi connectivity index (χ2n) is 9.04. The summed E-state index contributed by atoms with van der Waals surface area (Å²) in [6.45, 7) is 5.96. The zero-order valence-electron chi connectivity index (χ0n) is 19.1. The van der Waals surface area contributed by atoms with Gasteiger partial charge in [-0.15, -0.1) is 0 Å². The maximum Gasteiger partial charge on any atom is 0.306 e. The smallest absolute Gasteiger partial charge is 0.306 e. The monoisotopic (exact) mass is 422 g/mol. The zero-order chi connectivity index (χ0) is 21.8. The van der Waals surface area contributed by atoms with Crippen LogP contribution in [0.25, 0.3) is 0 Å². The second kappa shape index (κ2) is 14.0. The number of carbonyl (C=O) groups is 1. The summed E-state index contributed by atoms with van der Waals surface area (Å²) in [5.41, 5.74) is 0. The van der Waals surface area contributed by atoms with Crippen molar-refractivity contribution in [2.24, 2.45) is 11.8 Å². The number of fused-ring (bicyclic) bond motifs is 2. The van der Waals surface area contributed by atoms with E-state index in [2.05, 4.69) is 25.2 Å². The third kappa shape index (κ3) is 8.91. The summed E-state index contributed by atoms with van der Waals surface area (Å²) in [6, 6.07) is 0. The molecule has 1 aliphatic heterocycles. The predicted molar refractivity (Wildman–Crippen MR) is 119 cm³/mol. The Morgan fingerprint density at radius 2 is 1.87 bits per heavy atom. The van der Waals surface area contributed by atoms with Crippen LogP contribution in [0.3, 0.4) is 0 Å². The van der Waals surface area contributed by atoms with E-state index in [4.69, 9.17) is 14.5 Å². The van der Waals surface area contributed by atoms with Crippen molar-refractivity contribution < 1.29 is 24.4 Å². The standard InChI is InChI=1S/C25H42O5/c1-4-5-6-7-10-13-20(26)16-17-22-21(23-18-24(22)30-29-23)14-11-8-9-12-15-25(27)28-19(2)3/h8,11,16-17,19-24,26H,4-7,9-10,12-15,18H2,1-3H3/b11-8-,17-16+/t20-,21+,22+,23-,24+/m0/s1. The lowest BCUT2D eigenvalue weighted by Crippen LogP contribution is -2.28. The Bertz CT molecular complexity index is 542. The highest BCUT2D eigenvalue weighted by Gasteiger charge is 2.49. The van der Waals surface area contributed by atoms with Gasteiger partial charge in [0.15, 0.2) is 0 Å². The number of ether oxygens (including phenoxy) is 1. The summed E-state index contributed by atoms with van der Waals surface area (Å²) in [6.07, 6.45) is 19.2. The first-order chi connectivity index (χ1) is 14.5. The number of allylic oxidation sites excluding steroid dienone is 2. The van der Waals surface area contributed by atoms with Crippen molar-refractivity contribution in [1.82, 2.24) is 0 Å². The lowest BCUT2D eigenvalue weighted by Gasteiger charge is -2.27. The van der Waals surface area contributed by atoms with E-state index in [1.807, 2.05) is 19.9 Å². The van der Waals surface area contributed by atoms with Gasteiger partial charge in [0.25, 0.3) is 0 Å². The van der Waals surface area contributed by atoms with Crippen molar-refractivity contribution in [3.8, 4) is 0 Å². The van der Waals surface area contributed by atoms with E-state index in [-0.39, 0.29) is 30.4 Å². The van der Waals surface area contributed by atoms with Crippen LogP contribution in [0.1, 0.15) is 91.4 Å². The third-order valence-electron chi connectivity index (χ3n) is 6.02. The molecule has 2 aliphatic rings. The van der Waals surface area contributed by atoms with Crippen molar-refractivity contribution in [3.63, 3.8) is 0 Å². The van der Waals surface area contributed by atoms with E-state index >= 15 is 0 Å². The van der Waals surface area contributed by atoms with E-state index in [1.165, 1.54) is 25.7 Å². The number of aliphatic hydroxyl groups excluding tert-OH is 1. The minimum absolute atomic E-state index is 0.0439. The van der Waals surface area contributed by atoms with Gasteiger partial charge in [-0.1, -0.05) is 63.3 Å². The Morgan fingerprint density at radius 3 is 2.63 bits per heavy atom. The van der Waals surface area contributed by atoms with Crippen LogP contribution in [0, 0.1) is 11.8 Å². The van der Waals surface area contributed by atoms with Gasteiger partial charge in [0.05, 0.1) is 18.3 Å². The van der Waals surface area contributed by atoms with Crippen molar-refractivity contribution in [2.45, 2.75) is 116 Å². The Balaban J connectivity index is 1.69. The fraction of sp³-hybridized carbons (Fsp3) is 0.800. The van der Waals surface area contributed by atoms with E-state index in [0.717, 1.165) is 38.5 Å². The molecule has 1 saturated heterocycles. The van der Waals surface area contributed by atoms with Gasteiger partial charge in [-0.2, -0.15) is 0 Å². The fourth-order valence-corrected chi connectivity index (χ4v) is 4.38. The van der Waals surface area contributed by atoms with Gasteiger partial charge in [-0.3, -0.25) is 4.79 Å². The van der Waals surface area contributed by atoms with Gasteiger partial charge in [-0.25, -0.2) is 9.78 Å². The zero-order valence-corrected chi connectivity index (χ0v) is 19.1. The minimum Gasteiger partial charge on any atom is -0.463 e. The van der Waals surface area contributed by atoms with Gasteiger partial charge in [0, 0.05) is 24.7 Å². The molecule has 0 unspecified atom stereocenters. The van der Waals surface area contributed by atoms with Gasteiger partial charge >= 0.3 is 5.97 Å². The largest absolute Gasteiger partial charge is 0.463 e. The van der Waals surface area contributed by atoms with Crippen molar-refractivity contribution in [1.29, 1.82) is 0 Å². The van der Waals surface area contributed by atoms with Crippen LogP contribution in [0.2, 0.25) is 0 Å². The van der Waals surface area contributed by atoms with Gasteiger partial charge in [0.1, 0.15) is 6.10 Å². The number of hydrogen-bond acceptors (Lipinski definition) is 5. The van der Waals surface area contributed by atoms with Gasteiger partial charge in [0.2, 0.25) is 0 Å². The summed E-state index contributed by atoms with van der Waals surface area (Å²) in [5.74, 6) is 0.564. The predicted octanol–water partition coefficient (Wildman–Crippen LogP) is 5.67. The molecule has 30 heavy (non-hydrogen) atoms. The summed E-state index contributed by atoms with van der Waals surface area (Å²) < 4.78 is 5.15. The molecule has 2 bridgehead atoms. The van der Waals surface area contributed by atoms with E-state index in [9.17, 15) is 9.90 Å². The first kappa shape index (κ1) is 25.1. The Kier molecular flexibility index (Phi) is 11.7. The molecule has 0 amide bonds. The summed E-state index contributed by atoms with van der Waals surface area (Å²) in [4.78, 5) is 22.5. The van der Waals surface area contributed by atoms with Crippen LogP contribution in [-0.4, -0.2) is 35.5 Å². The van der Waals surface area contributed by atoms with Gasteiger partial charge < -0.3 is 9.84 Å². The molecule has 1 heterocycles. The van der Waals surface area contributed by atoms with Crippen molar-refractivity contribution in [3.05, 3.63) is 24.3 Å². The van der Waals surface area contributed by atoms with Crippen molar-refractivity contribution >= 4 is 5.97 Å². The van der Waals surface area contributed by atoms with E-state index < -0.39 is 0 Å². The highest BCUT2D eigenvalue weighted by molar-refractivity contribution is 5.69. The van der Waals surface area contributed by atoms with Crippen LogP contribution in [0.15, 0.2) is 24.3 Å². The first-order valence-electron chi connectivity index (χ1n) is 12.0. The van der Waals surface area contributed by atoms with Crippen LogP contribution >= 0.6 is 0 Å². The number of hydrogen-bond donors (Lipinski definition) is 1. The first-order valence-corrected chi connectivity index (χ1v) is 12.0. The highest BCUT2D eigenvalue weighted by Crippen LogP contribution is 2.44. The summed E-state index contributed by atoms with van der Waals surface area (Å²) in [5, 5.41) is 10.3. The Labute approximate surface area is 182 Å². The molecular weight excluding hydrogens is 380 g/mol. The maximum absolute atomic E-state index is 11.6. The maximum atomic E-state index is 11.6. The summed E-state index contributed by atoms with van der Waals surface area (Å²) >= 11 is 0. The molecule has 0 aromatic heterocycles. The molecule has 1 aliphatic carbocycles. The molecule has 0 aromatic rings.